The Labute approximate surface area is 245 Å². The number of carbonyl (C=O) groups excluding carboxylic acids is 1. The van der Waals surface area contributed by atoms with Gasteiger partial charge in [0.15, 0.2) is 27.8 Å². The Bertz CT molecular complexity index is 1870. The number of esters is 1. The maximum atomic E-state index is 14.1. The van der Waals surface area contributed by atoms with Crippen LogP contribution in [-0.2, 0) is 9.53 Å². The van der Waals surface area contributed by atoms with Crippen molar-refractivity contribution in [2.45, 2.75) is 19.9 Å². The van der Waals surface area contributed by atoms with Crippen molar-refractivity contribution >= 4 is 29.1 Å². The number of ether oxygens (including phenoxy) is 5. The molecule has 0 spiro atoms. The molecule has 0 unspecified atom stereocenters. The fourth-order valence-corrected chi connectivity index (χ4v) is 6.04. The van der Waals surface area contributed by atoms with Crippen LogP contribution in [-0.4, -0.2) is 37.7 Å². The molecular formula is C32H28N2O7S. The van der Waals surface area contributed by atoms with Crippen LogP contribution in [0.4, 0.5) is 0 Å². The maximum Gasteiger partial charge on any atom is 0.338 e. The molecule has 0 saturated carbocycles. The van der Waals surface area contributed by atoms with Gasteiger partial charge in [-0.2, -0.15) is 0 Å². The molecule has 0 amide bonds. The summed E-state index contributed by atoms with van der Waals surface area (Å²) in [5, 5.41) is 0. The summed E-state index contributed by atoms with van der Waals surface area (Å²) in [4.78, 5) is 33.1. The van der Waals surface area contributed by atoms with Gasteiger partial charge in [-0.25, -0.2) is 9.79 Å². The van der Waals surface area contributed by atoms with E-state index >= 15 is 0 Å². The maximum absolute atomic E-state index is 14.1. The minimum Gasteiger partial charge on any atom is -0.493 e. The number of hydrogen-bond acceptors (Lipinski definition) is 9. The fourth-order valence-electron chi connectivity index (χ4n) is 5.04. The Hall–Kier alpha value is -4.83. The first kappa shape index (κ1) is 27.3. The second kappa shape index (κ2) is 11.6. The standard InChI is InChI=1S/C32H28N2O7S/c1-4-38-22-13-11-19(15-24(22)37-3)16-26-30(35)34-29(21-12-14-23-25(17-21)41-18-40-23)27(31(36)39-5-2)28(33-32(34)42-26)20-9-7-6-8-10-20/h6-17,29H,4-5,18H2,1-3H3/b26-16-/t29-/m1/s1. The van der Waals surface area contributed by atoms with E-state index < -0.39 is 12.0 Å². The van der Waals surface area contributed by atoms with E-state index in [0.717, 1.165) is 11.1 Å². The summed E-state index contributed by atoms with van der Waals surface area (Å²) in [7, 11) is 1.57. The van der Waals surface area contributed by atoms with Crippen LogP contribution in [0.3, 0.4) is 0 Å². The molecule has 2 aliphatic rings. The van der Waals surface area contributed by atoms with Crippen LogP contribution in [0.25, 0.3) is 11.8 Å². The quantitative estimate of drug-likeness (QED) is 0.288. The minimum absolute atomic E-state index is 0.100. The van der Waals surface area contributed by atoms with Gasteiger partial charge < -0.3 is 23.7 Å². The van der Waals surface area contributed by atoms with Gasteiger partial charge in [0.2, 0.25) is 6.79 Å². The van der Waals surface area contributed by atoms with Gasteiger partial charge in [-0.15, -0.1) is 0 Å². The van der Waals surface area contributed by atoms with E-state index in [-0.39, 0.29) is 24.5 Å². The van der Waals surface area contributed by atoms with Crippen molar-refractivity contribution in [3.63, 3.8) is 0 Å². The van der Waals surface area contributed by atoms with Gasteiger partial charge in [0.1, 0.15) is 0 Å². The molecule has 10 heteroatoms. The Morgan fingerprint density at radius 1 is 1.02 bits per heavy atom. The highest BCUT2D eigenvalue weighted by atomic mass is 32.1. The first-order valence-electron chi connectivity index (χ1n) is 13.5. The van der Waals surface area contributed by atoms with E-state index in [9.17, 15) is 9.59 Å². The summed E-state index contributed by atoms with van der Waals surface area (Å²) in [6.45, 7) is 4.42. The molecule has 0 fully saturated rings. The molecule has 2 aliphatic heterocycles. The molecule has 0 radical (unpaired) electrons. The molecule has 3 heterocycles. The van der Waals surface area contributed by atoms with Gasteiger partial charge in [-0.05, 0) is 55.3 Å². The van der Waals surface area contributed by atoms with Crippen LogP contribution < -0.4 is 33.8 Å². The number of benzene rings is 3. The molecule has 0 aliphatic carbocycles. The van der Waals surface area contributed by atoms with Crippen molar-refractivity contribution in [1.29, 1.82) is 0 Å². The van der Waals surface area contributed by atoms with E-state index in [1.165, 1.54) is 11.3 Å². The van der Waals surface area contributed by atoms with E-state index in [1.807, 2.05) is 61.5 Å². The summed E-state index contributed by atoms with van der Waals surface area (Å²) in [6, 6.07) is 19.5. The van der Waals surface area contributed by atoms with Gasteiger partial charge in [-0.3, -0.25) is 9.36 Å². The SMILES string of the molecule is CCOC(=O)C1=C(c2ccccc2)N=c2s/c(=C\c3ccc(OCC)c(OC)c3)c(=O)n2[C@@H]1c1ccc2c(c1)OCO2. The van der Waals surface area contributed by atoms with Crippen molar-refractivity contribution in [2.24, 2.45) is 4.99 Å². The summed E-state index contributed by atoms with van der Waals surface area (Å²) >= 11 is 1.25. The molecule has 6 rings (SSSR count). The highest BCUT2D eigenvalue weighted by Gasteiger charge is 2.36. The van der Waals surface area contributed by atoms with Crippen molar-refractivity contribution < 1.29 is 28.5 Å². The molecule has 0 bridgehead atoms. The largest absolute Gasteiger partial charge is 0.493 e. The van der Waals surface area contributed by atoms with Gasteiger partial charge in [0, 0.05) is 5.56 Å². The third kappa shape index (κ3) is 4.94. The average Bonchev–Trinajstić information content (AvgIpc) is 3.61. The summed E-state index contributed by atoms with van der Waals surface area (Å²) < 4.78 is 29.8. The van der Waals surface area contributed by atoms with E-state index in [2.05, 4.69) is 0 Å². The number of carbonyl (C=O) groups is 1. The zero-order valence-corrected chi connectivity index (χ0v) is 24.1. The van der Waals surface area contributed by atoms with Gasteiger partial charge >= 0.3 is 5.97 Å². The highest BCUT2D eigenvalue weighted by Crippen LogP contribution is 2.40. The van der Waals surface area contributed by atoms with Gasteiger partial charge in [-0.1, -0.05) is 53.8 Å². The van der Waals surface area contributed by atoms with Crippen LogP contribution >= 0.6 is 11.3 Å². The number of fused-ring (bicyclic) bond motifs is 2. The number of methoxy groups -OCH3 is 1. The predicted molar refractivity (Wildman–Crippen MR) is 158 cm³/mol. The smallest absolute Gasteiger partial charge is 0.338 e. The predicted octanol–water partition coefficient (Wildman–Crippen LogP) is 4.07. The van der Waals surface area contributed by atoms with Crippen LogP contribution in [0.5, 0.6) is 23.0 Å². The zero-order chi connectivity index (χ0) is 29.2. The Morgan fingerprint density at radius 2 is 1.83 bits per heavy atom. The molecule has 9 nitrogen and oxygen atoms in total. The fraction of sp³-hybridized carbons (Fsp3) is 0.219. The van der Waals surface area contributed by atoms with Crippen molar-refractivity contribution in [3.8, 4) is 23.0 Å². The van der Waals surface area contributed by atoms with Crippen LogP contribution in [0.2, 0.25) is 0 Å². The third-order valence-electron chi connectivity index (χ3n) is 6.87. The second-order valence-electron chi connectivity index (χ2n) is 9.39. The molecule has 0 saturated heterocycles. The lowest BCUT2D eigenvalue weighted by molar-refractivity contribution is -0.138. The van der Waals surface area contributed by atoms with E-state index in [4.69, 9.17) is 28.7 Å². The van der Waals surface area contributed by atoms with Crippen molar-refractivity contribution in [1.82, 2.24) is 4.57 Å². The molecule has 4 aromatic rings. The highest BCUT2D eigenvalue weighted by molar-refractivity contribution is 7.07. The Kier molecular flexibility index (Phi) is 7.54. The molecule has 42 heavy (non-hydrogen) atoms. The van der Waals surface area contributed by atoms with E-state index in [1.54, 1.807) is 36.8 Å². The van der Waals surface area contributed by atoms with Crippen molar-refractivity contribution in [3.05, 3.63) is 109 Å². The molecule has 0 N–H and O–H groups in total. The summed E-state index contributed by atoms with van der Waals surface area (Å²) in [6.07, 6.45) is 1.79. The molecule has 1 aromatic heterocycles. The number of hydrogen-bond donors (Lipinski definition) is 0. The molecule has 1 atom stereocenters. The second-order valence-corrected chi connectivity index (χ2v) is 10.4. The zero-order valence-electron chi connectivity index (χ0n) is 23.3. The number of thiazole rings is 1. The number of rotatable bonds is 8. The topological polar surface area (TPSA) is 97.6 Å². The lowest BCUT2D eigenvalue weighted by atomic mass is 9.93. The monoisotopic (exact) mass is 584 g/mol. The first-order chi connectivity index (χ1) is 20.5. The Balaban J connectivity index is 1.60. The van der Waals surface area contributed by atoms with Crippen molar-refractivity contribution in [2.75, 3.05) is 27.1 Å². The van der Waals surface area contributed by atoms with Gasteiger partial charge in [0.25, 0.3) is 5.56 Å². The Morgan fingerprint density at radius 3 is 2.60 bits per heavy atom. The number of nitrogens with zero attached hydrogens (tertiary/aromatic N) is 2. The lowest BCUT2D eigenvalue weighted by Crippen LogP contribution is -2.40. The summed E-state index contributed by atoms with van der Waals surface area (Å²) in [5.41, 5.74) is 2.59. The molecular weight excluding hydrogens is 556 g/mol. The third-order valence-corrected chi connectivity index (χ3v) is 7.85. The molecule has 214 valence electrons. The average molecular weight is 585 g/mol. The molecule has 3 aromatic carbocycles. The van der Waals surface area contributed by atoms with Crippen LogP contribution in [0.15, 0.2) is 82.1 Å². The minimum atomic E-state index is -0.818. The summed E-state index contributed by atoms with van der Waals surface area (Å²) in [5.74, 6) is 1.77. The van der Waals surface area contributed by atoms with E-state index in [0.29, 0.717) is 50.2 Å². The number of aromatic nitrogens is 1. The van der Waals surface area contributed by atoms with Gasteiger partial charge in [0.05, 0.1) is 42.2 Å². The normalized spacial score (nSPS) is 15.7. The van der Waals surface area contributed by atoms with Crippen LogP contribution in [0, 0.1) is 0 Å². The lowest BCUT2D eigenvalue weighted by Gasteiger charge is -2.26. The first-order valence-corrected chi connectivity index (χ1v) is 14.3. The van der Waals surface area contributed by atoms with Crippen LogP contribution in [0.1, 0.15) is 36.6 Å².